The zero-order valence-corrected chi connectivity index (χ0v) is 14.0. The first-order valence-electron chi connectivity index (χ1n) is 8.41. The number of carbonyl (C=O) groups excluding carboxylic acids is 1. The average molecular weight is 326 g/mol. The lowest BCUT2D eigenvalue weighted by Gasteiger charge is -2.29. The lowest BCUT2D eigenvalue weighted by Crippen LogP contribution is -2.37. The molecular weight excluding hydrogens is 304 g/mol. The molecule has 3 heterocycles. The van der Waals surface area contributed by atoms with Crippen molar-refractivity contribution < 1.29 is 9.90 Å². The maximum absolute atomic E-state index is 12.1. The smallest absolute Gasteiger partial charge is 0.228 e. The van der Waals surface area contributed by atoms with Crippen LogP contribution in [0, 0.1) is 11.3 Å². The first kappa shape index (κ1) is 15.3. The summed E-state index contributed by atoms with van der Waals surface area (Å²) in [6.45, 7) is 5.43. The minimum absolute atomic E-state index is 0.0636. The van der Waals surface area contributed by atoms with Gasteiger partial charge in [-0.25, -0.2) is 4.98 Å². The summed E-state index contributed by atoms with van der Waals surface area (Å²) in [4.78, 5) is 16.4. The largest absolute Gasteiger partial charge is 0.393 e. The minimum atomic E-state index is -0.335. The number of fused-ring (bicyclic) bond motifs is 1. The SMILES string of the molecule is CC1(C)Cc2c(-c3ccnc(NC(=O)C4CC(O)C4)c3)cnn2C1. The number of amides is 1. The summed E-state index contributed by atoms with van der Waals surface area (Å²) < 4.78 is 2.07. The summed E-state index contributed by atoms with van der Waals surface area (Å²) in [6, 6.07) is 3.85. The molecule has 2 aliphatic rings. The fraction of sp³-hybridized carbons (Fsp3) is 0.500. The van der Waals surface area contributed by atoms with E-state index in [4.69, 9.17) is 0 Å². The van der Waals surface area contributed by atoms with Crippen LogP contribution in [0.3, 0.4) is 0 Å². The van der Waals surface area contributed by atoms with Gasteiger partial charge in [0.2, 0.25) is 5.91 Å². The number of pyridine rings is 1. The molecule has 0 aromatic carbocycles. The highest BCUT2D eigenvalue weighted by molar-refractivity contribution is 5.92. The second-order valence-electron chi connectivity index (χ2n) is 7.74. The van der Waals surface area contributed by atoms with E-state index in [1.54, 1.807) is 6.20 Å². The summed E-state index contributed by atoms with van der Waals surface area (Å²) >= 11 is 0. The third kappa shape index (κ3) is 2.71. The molecular formula is C18H22N4O2. The van der Waals surface area contributed by atoms with Gasteiger partial charge in [0, 0.05) is 29.9 Å². The van der Waals surface area contributed by atoms with Crippen molar-refractivity contribution in [1.29, 1.82) is 0 Å². The number of aliphatic hydroxyl groups is 1. The van der Waals surface area contributed by atoms with Gasteiger partial charge in [-0.15, -0.1) is 0 Å². The molecule has 1 saturated carbocycles. The summed E-state index contributed by atoms with van der Waals surface area (Å²) in [5.41, 5.74) is 3.60. The molecule has 0 atom stereocenters. The van der Waals surface area contributed by atoms with Gasteiger partial charge < -0.3 is 10.4 Å². The van der Waals surface area contributed by atoms with Crippen molar-refractivity contribution >= 4 is 11.7 Å². The van der Waals surface area contributed by atoms with E-state index in [-0.39, 0.29) is 23.3 Å². The van der Waals surface area contributed by atoms with Crippen LogP contribution in [0.2, 0.25) is 0 Å². The van der Waals surface area contributed by atoms with Crippen LogP contribution in [-0.4, -0.2) is 31.9 Å². The first-order valence-corrected chi connectivity index (χ1v) is 8.41. The Hall–Kier alpha value is -2.21. The Kier molecular flexibility index (Phi) is 3.46. The van der Waals surface area contributed by atoms with Crippen molar-refractivity contribution in [2.24, 2.45) is 11.3 Å². The third-order valence-electron chi connectivity index (χ3n) is 4.98. The number of nitrogens with zero attached hydrogens (tertiary/aromatic N) is 3. The van der Waals surface area contributed by atoms with Crippen LogP contribution < -0.4 is 5.32 Å². The highest BCUT2D eigenvalue weighted by Crippen LogP contribution is 2.37. The Morgan fingerprint density at radius 2 is 2.21 bits per heavy atom. The molecule has 0 bridgehead atoms. The summed E-state index contributed by atoms with van der Waals surface area (Å²) in [5.74, 6) is 0.383. The van der Waals surface area contributed by atoms with Gasteiger partial charge in [-0.2, -0.15) is 5.10 Å². The standard InChI is InChI=1S/C18H22N4O2/c1-18(2)8-15-14(9-20-22(15)10-18)11-3-4-19-16(7-11)21-17(24)12-5-13(23)6-12/h3-4,7,9,12-13,23H,5-6,8,10H2,1-2H3,(H,19,21,24). The topological polar surface area (TPSA) is 80.0 Å². The van der Waals surface area contributed by atoms with Crippen LogP contribution >= 0.6 is 0 Å². The van der Waals surface area contributed by atoms with Gasteiger partial charge in [0.1, 0.15) is 5.82 Å². The Bertz CT molecular complexity index is 790. The van der Waals surface area contributed by atoms with E-state index in [2.05, 4.69) is 33.9 Å². The van der Waals surface area contributed by atoms with Crippen LogP contribution in [-0.2, 0) is 17.8 Å². The van der Waals surface area contributed by atoms with Gasteiger partial charge >= 0.3 is 0 Å². The van der Waals surface area contributed by atoms with E-state index < -0.39 is 0 Å². The Morgan fingerprint density at radius 3 is 2.96 bits per heavy atom. The molecule has 1 amide bonds. The second-order valence-corrected chi connectivity index (χ2v) is 7.74. The van der Waals surface area contributed by atoms with Gasteiger partial charge in [0.15, 0.2) is 0 Å². The second kappa shape index (κ2) is 5.41. The predicted molar refractivity (Wildman–Crippen MR) is 90.3 cm³/mol. The zero-order chi connectivity index (χ0) is 16.9. The number of hydrogen-bond donors (Lipinski definition) is 2. The highest BCUT2D eigenvalue weighted by atomic mass is 16.3. The summed E-state index contributed by atoms with van der Waals surface area (Å²) in [7, 11) is 0. The number of carbonyl (C=O) groups is 1. The lowest BCUT2D eigenvalue weighted by molar-refractivity contribution is -0.126. The molecule has 0 saturated heterocycles. The predicted octanol–water partition coefficient (Wildman–Crippen LogP) is 2.24. The van der Waals surface area contributed by atoms with Crippen molar-refractivity contribution in [3.63, 3.8) is 0 Å². The zero-order valence-electron chi connectivity index (χ0n) is 14.0. The number of nitrogens with one attached hydrogen (secondary N) is 1. The van der Waals surface area contributed by atoms with E-state index in [1.165, 1.54) is 5.69 Å². The van der Waals surface area contributed by atoms with E-state index in [0.29, 0.717) is 18.7 Å². The van der Waals surface area contributed by atoms with Gasteiger partial charge in [-0.3, -0.25) is 9.48 Å². The Morgan fingerprint density at radius 1 is 1.42 bits per heavy atom. The molecule has 1 fully saturated rings. The Labute approximate surface area is 140 Å². The molecule has 0 radical (unpaired) electrons. The van der Waals surface area contributed by atoms with Gasteiger partial charge in [-0.05, 0) is 42.4 Å². The number of aromatic nitrogens is 3. The van der Waals surface area contributed by atoms with Crippen molar-refractivity contribution in [3.8, 4) is 11.1 Å². The number of rotatable bonds is 3. The molecule has 4 rings (SSSR count). The monoisotopic (exact) mass is 326 g/mol. The molecule has 24 heavy (non-hydrogen) atoms. The Balaban J connectivity index is 1.55. The molecule has 1 aliphatic carbocycles. The highest BCUT2D eigenvalue weighted by Gasteiger charge is 2.34. The molecule has 126 valence electrons. The molecule has 2 aromatic heterocycles. The average Bonchev–Trinajstić information content (AvgIpc) is 2.99. The molecule has 6 heteroatoms. The summed E-state index contributed by atoms with van der Waals surface area (Å²) in [5, 5.41) is 16.7. The van der Waals surface area contributed by atoms with E-state index >= 15 is 0 Å². The molecule has 2 N–H and O–H groups in total. The molecule has 2 aromatic rings. The van der Waals surface area contributed by atoms with Crippen molar-refractivity contribution in [1.82, 2.24) is 14.8 Å². The molecule has 1 aliphatic heterocycles. The van der Waals surface area contributed by atoms with Crippen LogP contribution in [0.15, 0.2) is 24.5 Å². The molecule has 0 unspecified atom stereocenters. The van der Waals surface area contributed by atoms with Crippen LogP contribution in [0.4, 0.5) is 5.82 Å². The van der Waals surface area contributed by atoms with Gasteiger partial charge in [-0.1, -0.05) is 13.8 Å². The number of aliphatic hydroxyl groups excluding tert-OH is 1. The number of hydrogen-bond acceptors (Lipinski definition) is 4. The normalized spacial score (nSPS) is 24.3. The van der Waals surface area contributed by atoms with Crippen molar-refractivity contribution in [2.45, 2.75) is 45.8 Å². The van der Waals surface area contributed by atoms with Crippen LogP contribution in [0.1, 0.15) is 32.4 Å². The fourth-order valence-corrected chi connectivity index (χ4v) is 3.59. The van der Waals surface area contributed by atoms with Gasteiger partial charge in [0.25, 0.3) is 0 Å². The summed E-state index contributed by atoms with van der Waals surface area (Å²) in [6.07, 6.45) is 5.35. The maximum Gasteiger partial charge on any atom is 0.228 e. The van der Waals surface area contributed by atoms with Crippen LogP contribution in [0.25, 0.3) is 11.1 Å². The van der Waals surface area contributed by atoms with E-state index in [0.717, 1.165) is 24.1 Å². The van der Waals surface area contributed by atoms with Crippen molar-refractivity contribution in [3.05, 3.63) is 30.2 Å². The van der Waals surface area contributed by atoms with Gasteiger partial charge in [0.05, 0.1) is 12.3 Å². The molecule has 6 nitrogen and oxygen atoms in total. The molecule has 0 spiro atoms. The van der Waals surface area contributed by atoms with E-state index in [1.807, 2.05) is 18.3 Å². The fourth-order valence-electron chi connectivity index (χ4n) is 3.59. The minimum Gasteiger partial charge on any atom is -0.393 e. The maximum atomic E-state index is 12.1. The van der Waals surface area contributed by atoms with Crippen molar-refractivity contribution in [2.75, 3.05) is 5.32 Å². The van der Waals surface area contributed by atoms with E-state index in [9.17, 15) is 9.90 Å². The first-order chi connectivity index (χ1) is 11.4. The number of anilines is 1. The quantitative estimate of drug-likeness (QED) is 0.906. The third-order valence-corrected chi connectivity index (χ3v) is 4.98. The lowest BCUT2D eigenvalue weighted by atomic mass is 9.82. The van der Waals surface area contributed by atoms with Crippen LogP contribution in [0.5, 0.6) is 0 Å².